The molecule has 1 atom stereocenters. The lowest BCUT2D eigenvalue weighted by Crippen LogP contribution is -2.58. The van der Waals surface area contributed by atoms with Crippen LogP contribution in [0.3, 0.4) is 0 Å². The minimum absolute atomic E-state index is 0.0262. The highest BCUT2D eigenvalue weighted by molar-refractivity contribution is 5.71. The third-order valence-corrected chi connectivity index (χ3v) is 6.58. The van der Waals surface area contributed by atoms with E-state index in [1.807, 2.05) is 55.5 Å². The van der Waals surface area contributed by atoms with Crippen molar-refractivity contribution in [2.75, 3.05) is 13.0 Å². The molecule has 9 heteroatoms. The van der Waals surface area contributed by atoms with Crippen molar-refractivity contribution in [3.8, 4) is 0 Å². The van der Waals surface area contributed by atoms with Gasteiger partial charge in [-0.3, -0.25) is 9.36 Å². The Kier molecular flexibility index (Phi) is 7.57. The number of aromatic nitrogens is 3. The van der Waals surface area contributed by atoms with Gasteiger partial charge in [0.25, 0.3) is 0 Å². The Morgan fingerprint density at radius 1 is 1.03 bits per heavy atom. The van der Waals surface area contributed by atoms with Gasteiger partial charge in [0, 0.05) is 6.54 Å². The average molecular weight is 492 g/mol. The molecule has 3 aromatic rings. The highest BCUT2D eigenvalue weighted by Crippen LogP contribution is 2.33. The zero-order valence-electron chi connectivity index (χ0n) is 21.0. The molecule has 1 heterocycles. The fraction of sp³-hybridized carbons (Fsp3) is 0.407. The van der Waals surface area contributed by atoms with Crippen LogP contribution >= 0.6 is 0 Å². The highest BCUT2D eigenvalue weighted by atomic mass is 16.5. The average Bonchev–Trinajstić information content (AvgIpc) is 3.72. The molecule has 0 aliphatic heterocycles. The van der Waals surface area contributed by atoms with Gasteiger partial charge in [0.15, 0.2) is 0 Å². The second kappa shape index (κ2) is 10.8. The van der Waals surface area contributed by atoms with Gasteiger partial charge >= 0.3 is 17.3 Å². The standard InChI is InChI=1S/C27H33N5O4/c1-18-4-6-22(7-5-18)17-30-25(29-23-14-12-21(13-15-23)11-10-20-8-9-20)32(28)27(35)31(26(30)34)16-19(2)24(33)36-3/h4-7,12-15,19-20H,8-11,16-17,28H2,1-3H3/t19-/m0/s1. The van der Waals surface area contributed by atoms with Crippen LogP contribution in [0.25, 0.3) is 0 Å². The third kappa shape index (κ3) is 5.84. The summed E-state index contributed by atoms with van der Waals surface area (Å²) < 4.78 is 7.93. The number of carbonyl (C=O) groups is 1. The number of hydrogen-bond donors (Lipinski definition) is 1. The van der Waals surface area contributed by atoms with Crippen molar-refractivity contribution in [1.29, 1.82) is 0 Å². The minimum Gasteiger partial charge on any atom is -0.469 e. The Morgan fingerprint density at radius 2 is 1.67 bits per heavy atom. The van der Waals surface area contributed by atoms with Crippen LogP contribution < -0.4 is 22.8 Å². The van der Waals surface area contributed by atoms with Crippen molar-refractivity contribution < 1.29 is 9.53 Å². The maximum absolute atomic E-state index is 13.5. The van der Waals surface area contributed by atoms with Gasteiger partial charge in [-0.25, -0.2) is 19.1 Å². The summed E-state index contributed by atoms with van der Waals surface area (Å²) in [5.74, 6) is 5.82. The number of carbonyl (C=O) groups excluding carboxylic acids is 1. The maximum Gasteiger partial charge on any atom is 0.353 e. The fourth-order valence-electron chi connectivity index (χ4n) is 4.12. The molecule has 2 aromatic carbocycles. The largest absolute Gasteiger partial charge is 0.469 e. The predicted molar refractivity (Wildman–Crippen MR) is 137 cm³/mol. The number of rotatable bonds is 9. The van der Waals surface area contributed by atoms with Crippen LogP contribution in [0.5, 0.6) is 0 Å². The normalized spacial score (nSPS) is 14.6. The first kappa shape index (κ1) is 25.2. The summed E-state index contributed by atoms with van der Waals surface area (Å²) in [7, 11) is 1.26. The molecule has 4 rings (SSSR count). The molecule has 1 aliphatic rings. The summed E-state index contributed by atoms with van der Waals surface area (Å²) >= 11 is 0. The number of aryl methyl sites for hydroxylation is 2. The number of esters is 1. The van der Waals surface area contributed by atoms with Gasteiger partial charge in [-0.2, -0.15) is 4.68 Å². The Bertz CT molecular complexity index is 1410. The zero-order chi connectivity index (χ0) is 25.8. The first-order valence-electron chi connectivity index (χ1n) is 12.3. The molecule has 1 aromatic heterocycles. The molecular formula is C27H33N5O4. The summed E-state index contributed by atoms with van der Waals surface area (Å²) in [6.07, 6.45) is 4.87. The summed E-state index contributed by atoms with van der Waals surface area (Å²) in [6.45, 7) is 3.56. The molecular weight excluding hydrogens is 458 g/mol. The molecule has 0 spiro atoms. The van der Waals surface area contributed by atoms with Crippen LogP contribution in [0.2, 0.25) is 0 Å². The predicted octanol–water partition coefficient (Wildman–Crippen LogP) is 2.27. The van der Waals surface area contributed by atoms with E-state index in [1.165, 1.54) is 36.5 Å². The fourth-order valence-corrected chi connectivity index (χ4v) is 4.12. The van der Waals surface area contributed by atoms with Crippen LogP contribution in [-0.2, 0) is 29.0 Å². The van der Waals surface area contributed by atoms with Crippen molar-refractivity contribution in [2.24, 2.45) is 16.8 Å². The van der Waals surface area contributed by atoms with Crippen LogP contribution in [0.1, 0.15) is 42.9 Å². The smallest absolute Gasteiger partial charge is 0.353 e. The molecule has 9 nitrogen and oxygen atoms in total. The highest BCUT2D eigenvalue weighted by Gasteiger charge is 2.21. The number of hydrogen-bond acceptors (Lipinski definition) is 6. The first-order chi connectivity index (χ1) is 17.3. The lowest BCUT2D eigenvalue weighted by Gasteiger charge is -2.16. The number of ether oxygens (including phenoxy) is 1. The molecule has 190 valence electrons. The first-order valence-corrected chi connectivity index (χ1v) is 12.3. The zero-order valence-corrected chi connectivity index (χ0v) is 21.0. The van der Waals surface area contributed by atoms with Crippen LogP contribution in [0.15, 0.2) is 63.1 Å². The van der Waals surface area contributed by atoms with Crippen molar-refractivity contribution in [3.05, 3.63) is 91.8 Å². The monoisotopic (exact) mass is 491 g/mol. The molecule has 0 saturated heterocycles. The number of nitrogens with zero attached hydrogens (tertiary/aromatic N) is 4. The van der Waals surface area contributed by atoms with Crippen LogP contribution in [-0.4, -0.2) is 26.9 Å². The summed E-state index contributed by atoms with van der Waals surface area (Å²) in [5.41, 5.74) is 2.42. The Hall–Kier alpha value is -3.88. The van der Waals surface area contributed by atoms with Gasteiger partial charge in [-0.1, -0.05) is 61.7 Å². The van der Waals surface area contributed by atoms with E-state index in [1.54, 1.807) is 6.92 Å². The van der Waals surface area contributed by atoms with E-state index < -0.39 is 23.3 Å². The minimum atomic E-state index is -0.754. The van der Waals surface area contributed by atoms with E-state index in [-0.39, 0.29) is 18.7 Å². The van der Waals surface area contributed by atoms with Crippen LogP contribution in [0.4, 0.5) is 5.69 Å². The molecule has 0 bridgehead atoms. The van der Waals surface area contributed by atoms with Gasteiger partial charge in [0.1, 0.15) is 0 Å². The van der Waals surface area contributed by atoms with E-state index in [0.29, 0.717) is 5.69 Å². The van der Waals surface area contributed by atoms with Gasteiger partial charge in [0.05, 0.1) is 25.3 Å². The molecule has 0 amide bonds. The Labute approximate surface area is 209 Å². The molecule has 2 N–H and O–H groups in total. The maximum atomic E-state index is 13.5. The quantitative estimate of drug-likeness (QED) is 0.364. The van der Waals surface area contributed by atoms with Crippen molar-refractivity contribution in [3.63, 3.8) is 0 Å². The number of benzene rings is 2. The van der Waals surface area contributed by atoms with Gasteiger partial charge < -0.3 is 10.6 Å². The molecule has 1 fully saturated rings. The molecule has 0 unspecified atom stereocenters. The molecule has 1 aliphatic carbocycles. The van der Waals surface area contributed by atoms with Crippen molar-refractivity contribution in [1.82, 2.24) is 13.8 Å². The van der Waals surface area contributed by atoms with E-state index in [9.17, 15) is 14.4 Å². The van der Waals surface area contributed by atoms with Gasteiger partial charge in [0.2, 0.25) is 5.62 Å². The molecule has 1 saturated carbocycles. The molecule has 0 radical (unpaired) electrons. The Morgan fingerprint density at radius 3 is 2.28 bits per heavy atom. The lowest BCUT2D eigenvalue weighted by molar-refractivity contribution is -0.145. The number of methoxy groups -OCH3 is 1. The second-order valence-corrected chi connectivity index (χ2v) is 9.60. The van der Waals surface area contributed by atoms with Crippen LogP contribution in [0, 0.1) is 18.8 Å². The van der Waals surface area contributed by atoms with E-state index in [4.69, 9.17) is 10.6 Å². The van der Waals surface area contributed by atoms with Crippen molar-refractivity contribution in [2.45, 2.75) is 52.6 Å². The second-order valence-electron chi connectivity index (χ2n) is 9.60. The third-order valence-electron chi connectivity index (χ3n) is 6.58. The SMILES string of the molecule is COC(=O)[C@@H](C)Cn1c(=O)n(N)c(=Nc2ccc(CCC3CC3)cc2)n(Cc2ccc(C)cc2)c1=O. The van der Waals surface area contributed by atoms with E-state index in [2.05, 4.69) is 4.99 Å². The lowest BCUT2D eigenvalue weighted by atomic mass is 10.1. The number of nitrogen functional groups attached to an aromatic ring is 1. The number of nitrogens with two attached hydrogens (primary N) is 1. The van der Waals surface area contributed by atoms with E-state index in [0.717, 1.165) is 32.7 Å². The Balaban J connectivity index is 1.78. The molecule has 36 heavy (non-hydrogen) atoms. The van der Waals surface area contributed by atoms with E-state index >= 15 is 0 Å². The summed E-state index contributed by atoms with van der Waals surface area (Å²) in [4.78, 5) is 43.1. The summed E-state index contributed by atoms with van der Waals surface area (Å²) in [6, 6.07) is 15.5. The van der Waals surface area contributed by atoms with Gasteiger partial charge in [-0.05, 0) is 48.9 Å². The topological polar surface area (TPSA) is 114 Å². The van der Waals surface area contributed by atoms with Crippen molar-refractivity contribution >= 4 is 11.7 Å². The van der Waals surface area contributed by atoms with Gasteiger partial charge in [-0.15, -0.1) is 0 Å². The summed E-state index contributed by atoms with van der Waals surface area (Å²) in [5, 5.41) is 0.